The quantitative estimate of drug-likeness (QED) is 0.826. The lowest BCUT2D eigenvalue weighted by atomic mass is 9.78. The molecule has 4 nitrogen and oxygen atoms in total. The van der Waals surface area contributed by atoms with Crippen LogP contribution in [0.4, 0.5) is 0 Å². The minimum atomic E-state index is -0.827. The molecule has 0 aromatic carbocycles. The number of nitrogens with zero attached hydrogens (tertiary/aromatic N) is 1. The fourth-order valence-electron chi connectivity index (χ4n) is 3.04. The first-order valence-corrected chi connectivity index (χ1v) is 6.56. The first kappa shape index (κ1) is 12.1. The van der Waals surface area contributed by atoms with E-state index in [2.05, 4.69) is 4.98 Å². The topological polar surface area (TPSA) is 51.6 Å². The first-order valence-electron chi connectivity index (χ1n) is 6.56. The highest BCUT2D eigenvalue weighted by atomic mass is 16.7. The highest BCUT2D eigenvalue weighted by Crippen LogP contribution is 2.44. The summed E-state index contributed by atoms with van der Waals surface area (Å²) in [5, 5.41) is 10.8. The van der Waals surface area contributed by atoms with E-state index in [1.54, 1.807) is 6.20 Å². The van der Waals surface area contributed by atoms with Gasteiger partial charge in [0, 0.05) is 19.0 Å². The van der Waals surface area contributed by atoms with Gasteiger partial charge in [-0.1, -0.05) is 6.07 Å². The molecular weight excluding hydrogens is 230 g/mol. The number of rotatable bonds is 1. The zero-order valence-corrected chi connectivity index (χ0v) is 10.7. The SMILES string of the molecule is Cc1cccnc1C1(O)CCC2(CC1)OCCO2. The highest BCUT2D eigenvalue weighted by Gasteiger charge is 2.47. The smallest absolute Gasteiger partial charge is 0.168 e. The number of aliphatic hydroxyl groups is 1. The van der Waals surface area contributed by atoms with Crippen molar-refractivity contribution in [2.45, 2.75) is 44.0 Å². The Kier molecular flexibility index (Phi) is 2.88. The van der Waals surface area contributed by atoms with Crippen molar-refractivity contribution in [1.29, 1.82) is 0 Å². The van der Waals surface area contributed by atoms with E-state index in [1.807, 2.05) is 19.1 Å². The van der Waals surface area contributed by atoms with Crippen LogP contribution in [-0.2, 0) is 15.1 Å². The largest absolute Gasteiger partial charge is 0.384 e. The maximum Gasteiger partial charge on any atom is 0.168 e. The van der Waals surface area contributed by atoms with Crippen LogP contribution >= 0.6 is 0 Å². The molecule has 2 heterocycles. The monoisotopic (exact) mass is 249 g/mol. The highest BCUT2D eigenvalue weighted by molar-refractivity contribution is 5.24. The Labute approximate surface area is 107 Å². The van der Waals surface area contributed by atoms with Crippen LogP contribution in [0.2, 0.25) is 0 Å². The molecule has 2 aliphatic rings. The van der Waals surface area contributed by atoms with Gasteiger partial charge < -0.3 is 14.6 Å². The molecule has 0 atom stereocenters. The molecule has 2 fully saturated rings. The van der Waals surface area contributed by atoms with E-state index in [9.17, 15) is 5.11 Å². The lowest BCUT2D eigenvalue weighted by Crippen LogP contribution is -2.42. The number of hydrogen-bond acceptors (Lipinski definition) is 4. The second-order valence-electron chi connectivity index (χ2n) is 5.31. The Morgan fingerprint density at radius 2 is 1.83 bits per heavy atom. The minimum Gasteiger partial charge on any atom is -0.384 e. The fourth-order valence-corrected chi connectivity index (χ4v) is 3.04. The summed E-state index contributed by atoms with van der Waals surface area (Å²) in [6, 6.07) is 3.89. The summed E-state index contributed by atoms with van der Waals surface area (Å²) >= 11 is 0. The first-order chi connectivity index (χ1) is 8.64. The van der Waals surface area contributed by atoms with Gasteiger partial charge in [-0.05, 0) is 31.4 Å². The molecule has 1 aromatic rings. The molecule has 3 rings (SSSR count). The van der Waals surface area contributed by atoms with Gasteiger partial charge >= 0.3 is 0 Å². The molecule has 1 aliphatic carbocycles. The lowest BCUT2D eigenvalue weighted by molar-refractivity contribution is -0.204. The predicted molar refractivity (Wildman–Crippen MR) is 66.0 cm³/mol. The van der Waals surface area contributed by atoms with Gasteiger partial charge in [0.1, 0.15) is 5.60 Å². The van der Waals surface area contributed by atoms with E-state index in [4.69, 9.17) is 9.47 Å². The van der Waals surface area contributed by atoms with Gasteiger partial charge in [-0.3, -0.25) is 4.98 Å². The number of aromatic nitrogens is 1. The third-order valence-corrected chi connectivity index (χ3v) is 4.10. The molecular formula is C14H19NO3. The summed E-state index contributed by atoms with van der Waals surface area (Å²) in [5.74, 6) is -0.436. The standard InChI is InChI=1S/C14H19NO3/c1-11-3-2-8-15-12(11)13(16)4-6-14(7-5-13)17-9-10-18-14/h2-3,8,16H,4-7,9-10H2,1H3. The van der Waals surface area contributed by atoms with Crippen LogP contribution in [0.25, 0.3) is 0 Å². The molecule has 1 aromatic heterocycles. The van der Waals surface area contributed by atoms with Gasteiger partial charge in [0.25, 0.3) is 0 Å². The molecule has 1 saturated heterocycles. The van der Waals surface area contributed by atoms with Crippen molar-refractivity contribution in [2.75, 3.05) is 13.2 Å². The molecule has 0 amide bonds. The molecule has 0 radical (unpaired) electrons. The van der Waals surface area contributed by atoms with E-state index in [0.29, 0.717) is 26.1 Å². The van der Waals surface area contributed by atoms with Crippen molar-refractivity contribution < 1.29 is 14.6 Å². The minimum absolute atomic E-state index is 0.436. The van der Waals surface area contributed by atoms with Crippen LogP contribution in [0.5, 0.6) is 0 Å². The van der Waals surface area contributed by atoms with Crippen LogP contribution in [0.15, 0.2) is 18.3 Å². The van der Waals surface area contributed by atoms with E-state index in [1.165, 1.54) is 0 Å². The Bertz CT molecular complexity index is 430. The van der Waals surface area contributed by atoms with Crippen molar-refractivity contribution in [3.63, 3.8) is 0 Å². The molecule has 0 unspecified atom stereocenters. The van der Waals surface area contributed by atoms with Crippen molar-refractivity contribution >= 4 is 0 Å². The number of pyridine rings is 1. The molecule has 1 N–H and O–H groups in total. The van der Waals surface area contributed by atoms with E-state index >= 15 is 0 Å². The Morgan fingerprint density at radius 3 is 2.44 bits per heavy atom. The zero-order chi connectivity index (χ0) is 12.6. The van der Waals surface area contributed by atoms with Gasteiger partial charge in [-0.25, -0.2) is 0 Å². The van der Waals surface area contributed by atoms with Crippen molar-refractivity contribution in [1.82, 2.24) is 4.98 Å². The number of aryl methyl sites for hydroxylation is 1. The number of hydrogen-bond donors (Lipinski definition) is 1. The maximum absolute atomic E-state index is 10.8. The summed E-state index contributed by atoms with van der Waals surface area (Å²) in [6.45, 7) is 3.33. The predicted octanol–water partition coefficient (Wildman–Crippen LogP) is 1.89. The zero-order valence-electron chi connectivity index (χ0n) is 10.7. The Morgan fingerprint density at radius 1 is 1.17 bits per heavy atom. The van der Waals surface area contributed by atoms with Crippen molar-refractivity contribution in [3.05, 3.63) is 29.6 Å². The lowest BCUT2D eigenvalue weighted by Gasteiger charge is -2.40. The third-order valence-electron chi connectivity index (χ3n) is 4.10. The Balaban J connectivity index is 1.80. The van der Waals surface area contributed by atoms with Crippen LogP contribution in [0, 0.1) is 6.92 Å². The van der Waals surface area contributed by atoms with E-state index in [0.717, 1.165) is 24.1 Å². The summed E-state index contributed by atoms with van der Waals surface area (Å²) in [5.41, 5.74) is 1.02. The fraction of sp³-hybridized carbons (Fsp3) is 0.643. The van der Waals surface area contributed by atoms with E-state index < -0.39 is 11.4 Å². The maximum atomic E-state index is 10.8. The summed E-state index contributed by atoms with van der Waals surface area (Å²) in [7, 11) is 0. The normalized spacial score (nSPS) is 25.4. The van der Waals surface area contributed by atoms with Crippen molar-refractivity contribution in [3.8, 4) is 0 Å². The van der Waals surface area contributed by atoms with Gasteiger partial charge in [0.15, 0.2) is 5.79 Å². The van der Waals surface area contributed by atoms with Gasteiger partial charge in [0.2, 0.25) is 0 Å². The van der Waals surface area contributed by atoms with Gasteiger partial charge in [-0.2, -0.15) is 0 Å². The molecule has 1 saturated carbocycles. The molecule has 18 heavy (non-hydrogen) atoms. The van der Waals surface area contributed by atoms with Crippen LogP contribution in [-0.4, -0.2) is 29.1 Å². The van der Waals surface area contributed by atoms with Crippen LogP contribution in [0.1, 0.15) is 36.9 Å². The summed E-state index contributed by atoms with van der Waals surface area (Å²) in [4.78, 5) is 4.36. The van der Waals surface area contributed by atoms with Crippen LogP contribution < -0.4 is 0 Å². The second-order valence-corrected chi connectivity index (χ2v) is 5.31. The average molecular weight is 249 g/mol. The molecule has 1 spiro atoms. The average Bonchev–Trinajstić information content (AvgIpc) is 2.83. The Hall–Kier alpha value is -0.970. The second kappa shape index (κ2) is 4.30. The van der Waals surface area contributed by atoms with Gasteiger partial charge in [0.05, 0.1) is 18.9 Å². The summed E-state index contributed by atoms with van der Waals surface area (Å²) < 4.78 is 11.4. The molecule has 98 valence electrons. The number of ether oxygens (including phenoxy) is 2. The molecule has 1 aliphatic heterocycles. The van der Waals surface area contributed by atoms with Crippen molar-refractivity contribution in [2.24, 2.45) is 0 Å². The molecule has 0 bridgehead atoms. The van der Waals surface area contributed by atoms with E-state index in [-0.39, 0.29) is 0 Å². The third kappa shape index (κ3) is 1.94. The van der Waals surface area contributed by atoms with Crippen LogP contribution in [0.3, 0.4) is 0 Å². The van der Waals surface area contributed by atoms with Gasteiger partial charge in [-0.15, -0.1) is 0 Å². The molecule has 4 heteroatoms. The summed E-state index contributed by atoms with van der Waals surface area (Å²) in [6.07, 6.45) is 4.50.